The summed E-state index contributed by atoms with van der Waals surface area (Å²) >= 11 is 0. The first-order valence-electron chi connectivity index (χ1n) is 20.8. The molecule has 0 aromatic heterocycles. The summed E-state index contributed by atoms with van der Waals surface area (Å²) in [4.78, 5) is 18.8. The van der Waals surface area contributed by atoms with E-state index in [1.165, 1.54) is 12.2 Å². The Labute approximate surface area is 350 Å². The SMILES string of the molecule is COc1ccc(COC[C@H](C)[C@H]2O[C@@]2(C)[C@@H](O[Si](C)(C)C(C)(C)C)[C@@H](CO[Si](C)(C)C(C)(C)C)[C@H](O)[C@@H](CO)[C@@H](CC(=O)N(C)OC)O[Si](C)(C)C(C)(C)C)cc1. The minimum atomic E-state index is -2.52. The Bertz CT molecular complexity index is 1410. The fourth-order valence-electron chi connectivity index (χ4n) is 6.33. The number of ether oxygens (including phenoxy) is 3. The number of nitrogens with zero attached hydrogens (tertiary/aromatic N) is 1. The van der Waals surface area contributed by atoms with Crippen LogP contribution < -0.4 is 4.74 Å². The minimum Gasteiger partial charge on any atom is -0.497 e. The first-order valence-corrected chi connectivity index (χ1v) is 29.5. The largest absolute Gasteiger partial charge is 0.497 e. The van der Waals surface area contributed by atoms with E-state index in [0.29, 0.717) is 13.2 Å². The summed E-state index contributed by atoms with van der Waals surface area (Å²) < 4.78 is 39.7. The van der Waals surface area contributed by atoms with Crippen LogP contribution in [-0.2, 0) is 39.0 Å². The molecule has 0 radical (unpaired) electrons. The van der Waals surface area contributed by atoms with Crippen LogP contribution in [0.4, 0.5) is 0 Å². The second-order valence-electron chi connectivity index (χ2n) is 21.1. The van der Waals surface area contributed by atoms with Crippen LogP contribution in [0.15, 0.2) is 24.3 Å². The Balaban J connectivity index is 2.70. The third-order valence-corrected chi connectivity index (χ3v) is 27.1. The van der Waals surface area contributed by atoms with Crippen molar-refractivity contribution in [3.63, 3.8) is 0 Å². The number of benzene rings is 1. The molecule has 332 valence electrons. The van der Waals surface area contributed by atoms with Crippen LogP contribution in [0.1, 0.15) is 88.1 Å². The van der Waals surface area contributed by atoms with Crippen molar-refractivity contribution in [3.8, 4) is 5.75 Å². The normalized spacial score (nSPS) is 21.7. The zero-order valence-corrected chi connectivity index (χ0v) is 42.5. The molecule has 0 bridgehead atoms. The minimum absolute atomic E-state index is 0.00312. The predicted octanol–water partition coefficient (Wildman–Crippen LogP) is 8.80. The van der Waals surface area contributed by atoms with Gasteiger partial charge in [0.05, 0.1) is 64.9 Å². The summed E-state index contributed by atoms with van der Waals surface area (Å²) in [5.74, 6) is -1.00. The van der Waals surface area contributed by atoms with E-state index in [4.69, 9.17) is 32.3 Å². The lowest BCUT2D eigenvalue weighted by molar-refractivity contribution is -0.172. The van der Waals surface area contributed by atoms with Crippen molar-refractivity contribution in [1.29, 1.82) is 0 Å². The fraction of sp³-hybridized carbons (Fsp3) is 0.837. The lowest BCUT2D eigenvalue weighted by atomic mass is 9.78. The monoisotopic (exact) mass is 858 g/mol. The molecule has 14 heteroatoms. The molecule has 1 fully saturated rings. The average molecular weight is 858 g/mol. The van der Waals surface area contributed by atoms with Crippen molar-refractivity contribution in [1.82, 2.24) is 5.06 Å². The molecular formula is C43H83NO10Si3. The Morgan fingerprint density at radius 2 is 1.35 bits per heavy atom. The maximum atomic E-state index is 13.5. The molecule has 1 aliphatic heterocycles. The second-order valence-corrected chi connectivity index (χ2v) is 35.5. The molecule has 0 aliphatic carbocycles. The first-order chi connectivity index (χ1) is 25.8. The molecule has 1 aliphatic rings. The number of hydrogen-bond acceptors (Lipinski definition) is 10. The number of carbonyl (C=O) groups excluding carboxylic acids is 1. The van der Waals surface area contributed by atoms with Gasteiger partial charge in [-0.1, -0.05) is 81.4 Å². The number of epoxide rings is 1. The van der Waals surface area contributed by atoms with Gasteiger partial charge in [0, 0.05) is 31.4 Å². The van der Waals surface area contributed by atoms with Gasteiger partial charge in [-0.3, -0.25) is 9.63 Å². The van der Waals surface area contributed by atoms with Gasteiger partial charge in [-0.25, -0.2) is 5.06 Å². The summed E-state index contributed by atoms with van der Waals surface area (Å²) in [6.45, 7) is 37.6. The van der Waals surface area contributed by atoms with E-state index in [1.807, 2.05) is 24.3 Å². The van der Waals surface area contributed by atoms with Crippen molar-refractivity contribution in [2.24, 2.45) is 17.8 Å². The number of carbonyl (C=O) groups is 1. The van der Waals surface area contributed by atoms with Crippen LogP contribution in [0.5, 0.6) is 5.75 Å². The molecule has 2 rings (SSSR count). The van der Waals surface area contributed by atoms with Crippen molar-refractivity contribution in [2.75, 3.05) is 41.1 Å². The zero-order chi connectivity index (χ0) is 44.2. The summed E-state index contributed by atoms with van der Waals surface area (Å²) in [6.07, 6.45) is -2.93. The molecule has 1 amide bonds. The zero-order valence-electron chi connectivity index (χ0n) is 39.5. The van der Waals surface area contributed by atoms with Crippen LogP contribution in [-0.4, -0.2) is 117 Å². The second kappa shape index (κ2) is 19.7. The molecule has 8 atom stereocenters. The topological polar surface area (TPSA) is 129 Å². The van der Waals surface area contributed by atoms with Crippen LogP contribution >= 0.6 is 0 Å². The maximum absolute atomic E-state index is 13.5. The van der Waals surface area contributed by atoms with Crippen molar-refractivity contribution >= 4 is 30.9 Å². The molecule has 0 saturated carbocycles. The van der Waals surface area contributed by atoms with Gasteiger partial charge in [0.15, 0.2) is 25.0 Å². The number of aliphatic hydroxyl groups is 2. The highest BCUT2D eigenvalue weighted by Crippen LogP contribution is 2.52. The number of methoxy groups -OCH3 is 1. The highest BCUT2D eigenvalue weighted by Gasteiger charge is 2.65. The van der Waals surface area contributed by atoms with Gasteiger partial charge in [0.25, 0.3) is 0 Å². The molecular weight excluding hydrogens is 775 g/mol. The number of aliphatic hydroxyl groups excluding tert-OH is 2. The molecule has 1 aromatic carbocycles. The van der Waals surface area contributed by atoms with E-state index in [0.717, 1.165) is 11.3 Å². The summed E-state index contributed by atoms with van der Waals surface area (Å²) in [5, 5.41) is 25.0. The molecule has 0 spiro atoms. The predicted molar refractivity (Wildman–Crippen MR) is 237 cm³/mol. The van der Waals surface area contributed by atoms with E-state index in [9.17, 15) is 15.0 Å². The van der Waals surface area contributed by atoms with Gasteiger partial charge in [-0.15, -0.1) is 0 Å². The number of hydrogen-bond donors (Lipinski definition) is 2. The van der Waals surface area contributed by atoms with E-state index >= 15 is 0 Å². The van der Waals surface area contributed by atoms with Crippen LogP contribution in [0.2, 0.25) is 54.4 Å². The van der Waals surface area contributed by atoms with Gasteiger partial charge in [0.1, 0.15) is 11.4 Å². The Kier molecular flexibility index (Phi) is 17.9. The van der Waals surface area contributed by atoms with E-state index in [1.54, 1.807) is 14.2 Å². The Hall–Kier alpha value is -1.18. The van der Waals surface area contributed by atoms with E-state index < -0.39 is 67.3 Å². The van der Waals surface area contributed by atoms with Crippen molar-refractivity contribution < 1.29 is 47.3 Å². The lowest BCUT2D eigenvalue weighted by Crippen LogP contribution is -2.58. The number of hydroxylamine groups is 2. The van der Waals surface area contributed by atoms with Crippen molar-refractivity contribution in [2.45, 2.75) is 174 Å². The highest BCUT2D eigenvalue weighted by atomic mass is 28.4. The smallest absolute Gasteiger partial charge is 0.248 e. The number of amides is 1. The summed E-state index contributed by atoms with van der Waals surface area (Å²) in [6, 6.07) is 7.85. The highest BCUT2D eigenvalue weighted by molar-refractivity contribution is 6.75. The van der Waals surface area contributed by atoms with Crippen LogP contribution in [0.3, 0.4) is 0 Å². The molecule has 57 heavy (non-hydrogen) atoms. The van der Waals surface area contributed by atoms with Crippen LogP contribution in [0, 0.1) is 17.8 Å². The molecule has 1 saturated heterocycles. The van der Waals surface area contributed by atoms with E-state index in [-0.39, 0.29) is 46.1 Å². The molecule has 1 aromatic rings. The lowest BCUT2D eigenvalue weighted by Gasteiger charge is -2.47. The fourth-order valence-corrected chi connectivity index (χ4v) is 10.1. The van der Waals surface area contributed by atoms with Gasteiger partial charge in [-0.2, -0.15) is 0 Å². The average Bonchev–Trinajstić information content (AvgIpc) is 3.78. The molecule has 1 heterocycles. The van der Waals surface area contributed by atoms with Crippen LogP contribution in [0.25, 0.3) is 0 Å². The maximum Gasteiger partial charge on any atom is 0.248 e. The van der Waals surface area contributed by atoms with E-state index in [2.05, 4.69) is 115 Å². The summed E-state index contributed by atoms with van der Waals surface area (Å²) in [5.41, 5.74) is 0.246. The first kappa shape index (κ1) is 52.0. The molecule has 11 nitrogen and oxygen atoms in total. The number of rotatable bonds is 22. The standard InChI is InChI=1S/C43H83NO10Si3/c1-30(27-50-28-31-21-23-32(48-13)24-22-31)38-43(11,52-38)39(54-57(19,20)42(8,9)10)34(29-51-55(15,16)40(2,3)4)37(47)33(26-45)35(25-36(46)44(12)49-14)53-56(17,18)41(5,6)7/h21-24,30,33-35,37-39,45,47H,25-29H2,1-20H3/t30-,33-,34-,35+,37+,38+,39-,43+/m0/s1. The van der Waals surface area contributed by atoms with Crippen molar-refractivity contribution in [3.05, 3.63) is 29.8 Å². The molecule has 2 N–H and O–H groups in total. The van der Waals surface area contributed by atoms with Gasteiger partial charge >= 0.3 is 0 Å². The Morgan fingerprint density at radius 3 is 1.81 bits per heavy atom. The third kappa shape index (κ3) is 13.4. The molecule has 0 unspecified atom stereocenters. The third-order valence-electron chi connectivity index (χ3n) is 13.7. The van der Waals surface area contributed by atoms with Gasteiger partial charge in [-0.05, 0) is 79.0 Å². The van der Waals surface area contributed by atoms with Gasteiger partial charge in [0.2, 0.25) is 5.91 Å². The Morgan fingerprint density at radius 1 is 0.842 bits per heavy atom. The summed E-state index contributed by atoms with van der Waals surface area (Å²) in [7, 11) is -2.75. The van der Waals surface area contributed by atoms with Gasteiger partial charge < -0.3 is 37.7 Å². The quantitative estimate of drug-likeness (QED) is 0.0664.